The summed E-state index contributed by atoms with van der Waals surface area (Å²) in [6.45, 7) is 2.60. The second-order valence-electron chi connectivity index (χ2n) is 6.90. The molecule has 2 aromatic rings. The molecule has 0 radical (unpaired) electrons. The molecule has 0 saturated heterocycles. The number of nitro groups is 1. The van der Waals surface area contributed by atoms with E-state index in [9.17, 15) is 24.8 Å². The van der Waals surface area contributed by atoms with Crippen molar-refractivity contribution in [3.05, 3.63) is 92.5 Å². The van der Waals surface area contributed by atoms with Crippen LogP contribution in [0, 0.1) is 16.0 Å². The summed E-state index contributed by atoms with van der Waals surface area (Å²) in [4.78, 5) is 36.1. The highest BCUT2D eigenvalue weighted by molar-refractivity contribution is 6.30. The second-order valence-corrected chi connectivity index (χ2v) is 7.34. The van der Waals surface area contributed by atoms with Gasteiger partial charge in [-0.05, 0) is 37.1 Å². The molecule has 0 aromatic heterocycles. The molecule has 0 aliphatic rings. The van der Waals surface area contributed by atoms with Gasteiger partial charge in [-0.2, -0.15) is 0 Å². The van der Waals surface area contributed by atoms with Gasteiger partial charge in [0, 0.05) is 11.4 Å². The third-order valence-electron chi connectivity index (χ3n) is 4.70. The number of benzene rings is 2. The number of ether oxygens (including phenoxy) is 2. The number of ketones is 1. The Morgan fingerprint density at radius 2 is 1.81 bits per heavy atom. The highest BCUT2D eigenvalue weighted by atomic mass is 35.5. The Balaban J connectivity index is 2.50. The maximum absolute atomic E-state index is 12.6. The van der Waals surface area contributed by atoms with E-state index in [1.54, 1.807) is 13.0 Å². The number of hydrogen-bond acceptors (Lipinski definition) is 7. The summed E-state index contributed by atoms with van der Waals surface area (Å²) in [5, 5.41) is 22.8. The number of aliphatic hydroxyl groups is 1. The van der Waals surface area contributed by atoms with Gasteiger partial charge < -0.3 is 14.6 Å². The van der Waals surface area contributed by atoms with Crippen molar-refractivity contribution in [3.63, 3.8) is 0 Å². The van der Waals surface area contributed by atoms with Crippen LogP contribution in [0.1, 0.15) is 30.9 Å². The maximum atomic E-state index is 12.6. The molecule has 0 heterocycles. The van der Waals surface area contributed by atoms with E-state index in [-0.39, 0.29) is 23.8 Å². The van der Waals surface area contributed by atoms with E-state index >= 15 is 0 Å². The zero-order valence-electron chi connectivity index (χ0n) is 17.7. The highest BCUT2D eigenvalue weighted by Gasteiger charge is 2.45. The molecular weight excluding hydrogens is 438 g/mol. The van der Waals surface area contributed by atoms with Crippen LogP contribution >= 0.6 is 11.6 Å². The second kappa shape index (κ2) is 11.9. The minimum absolute atomic E-state index is 0.0258. The first-order valence-electron chi connectivity index (χ1n) is 9.93. The Kier molecular flexibility index (Phi) is 9.22. The van der Waals surface area contributed by atoms with Crippen LogP contribution in [0.4, 0.5) is 0 Å². The monoisotopic (exact) mass is 461 g/mol. The maximum Gasteiger partial charge on any atom is 0.354 e. The zero-order valence-corrected chi connectivity index (χ0v) is 18.4. The lowest BCUT2D eigenvalue weighted by Crippen LogP contribution is -2.34. The zero-order chi connectivity index (χ0) is 23.7. The van der Waals surface area contributed by atoms with E-state index in [1.807, 2.05) is 30.3 Å². The third-order valence-corrected chi connectivity index (χ3v) is 4.94. The van der Waals surface area contributed by atoms with Crippen LogP contribution in [0.5, 0.6) is 0 Å². The molecule has 9 heteroatoms. The van der Waals surface area contributed by atoms with Crippen LogP contribution in [-0.4, -0.2) is 35.0 Å². The van der Waals surface area contributed by atoms with E-state index in [1.165, 1.54) is 18.2 Å². The molecule has 0 saturated carbocycles. The molecule has 2 unspecified atom stereocenters. The number of aliphatic hydroxyl groups excluding tert-OH is 1. The van der Waals surface area contributed by atoms with E-state index in [2.05, 4.69) is 0 Å². The molecule has 0 spiro atoms. The quantitative estimate of drug-likeness (QED) is 0.173. The van der Waals surface area contributed by atoms with Gasteiger partial charge in [0.1, 0.15) is 17.6 Å². The van der Waals surface area contributed by atoms with E-state index in [4.69, 9.17) is 21.1 Å². The molecule has 2 atom stereocenters. The first kappa shape index (κ1) is 24.9. The smallest absolute Gasteiger partial charge is 0.354 e. The van der Waals surface area contributed by atoms with Gasteiger partial charge in [-0.3, -0.25) is 19.7 Å². The summed E-state index contributed by atoms with van der Waals surface area (Å²) < 4.78 is 10.3. The van der Waals surface area contributed by atoms with Gasteiger partial charge in [0.05, 0.1) is 18.1 Å². The Morgan fingerprint density at radius 1 is 1.12 bits per heavy atom. The molecule has 0 aliphatic carbocycles. The number of Topliss-reactive ketones (excluding diaryl/α,β-unsaturated/α-hetero) is 1. The normalized spacial score (nSPS) is 13.5. The summed E-state index contributed by atoms with van der Waals surface area (Å²) in [5.41, 5.74) is 0.270. The summed E-state index contributed by atoms with van der Waals surface area (Å²) in [6, 6.07) is 15.1. The van der Waals surface area contributed by atoms with Crippen molar-refractivity contribution in [3.8, 4) is 0 Å². The fraction of sp³-hybridized carbons (Fsp3) is 0.304. The van der Waals surface area contributed by atoms with Crippen molar-refractivity contribution in [2.75, 3.05) is 13.2 Å². The predicted octanol–water partition coefficient (Wildman–Crippen LogP) is 4.46. The van der Waals surface area contributed by atoms with Gasteiger partial charge in [-0.25, -0.2) is 0 Å². The number of allylic oxidation sites excluding steroid dienone is 1. The topological polar surface area (TPSA) is 116 Å². The number of halogens is 1. The molecule has 8 nitrogen and oxygen atoms in total. The van der Waals surface area contributed by atoms with Crippen molar-refractivity contribution in [1.82, 2.24) is 0 Å². The summed E-state index contributed by atoms with van der Waals surface area (Å²) in [5.74, 6) is -5.64. The van der Waals surface area contributed by atoms with Crippen LogP contribution < -0.4 is 0 Å². The predicted molar refractivity (Wildman–Crippen MR) is 118 cm³/mol. The number of carbonyl (C=O) groups excluding carboxylic acids is 2. The SMILES string of the molecule is CCOC(=O)C(C(C)=O)C(C(=C(O)OCCc1ccccc1)[N+](=O)[O-])c1cccc(Cl)c1. The largest absolute Gasteiger partial charge is 0.476 e. The molecule has 32 heavy (non-hydrogen) atoms. The molecule has 170 valence electrons. The van der Waals surface area contributed by atoms with Crippen molar-refractivity contribution in [2.45, 2.75) is 26.2 Å². The average Bonchev–Trinajstić information content (AvgIpc) is 2.73. The van der Waals surface area contributed by atoms with Gasteiger partial charge in [0.15, 0.2) is 0 Å². The fourth-order valence-corrected chi connectivity index (χ4v) is 3.48. The molecular formula is C23H24ClNO7. The summed E-state index contributed by atoms with van der Waals surface area (Å²) in [6.07, 6.45) is 0.381. The molecule has 0 amide bonds. The highest BCUT2D eigenvalue weighted by Crippen LogP contribution is 2.36. The van der Waals surface area contributed by atoms with Crippen LogP contribution in [0.3, 0.4) is 0 Å². The number of carbonyl (C=O) groups is 2. The van der Waals surface area contributed by atoms with Crippen molar-refractivity contribution < 1.29 is 29.1 Å². The molecule has 0 bridgehead atoms. The Hall–Kier alpha value is -3.39. The molecule has 1 N–H and O–H groups in total. The first-order valence-corrected chi connectivity index (χ1v) is 10.3. The number of hydrogen-bond donors (Lipinski definition) is 1. The minimum atomic E-state index is -1.58. The number of esters is 1. The Labute approximate surface area is 190 Å². The lowest BCUT2D eigenvalue weighted by atomic mass is 9.81. The van der Waals surface area contributed by atoms with Gasteiger partial charge in [-0.1, -0.05) is 54.1 Å². The number of nitrogens with zero attached hydrogens (tertiary/aromatic N) is 1. The Bertz CT molecular complexity index is 991. The van der Waals surface area contributed by atoms with Crippen molar-refractivity contribution in [2.24, 2.45) is 5.92 Å². The minimum Gasteiger partial charge on any atom is -0.476 e. The lowest BCUT2D eigenvalue weighted by Gasteiger charge is -2.22. The van der Waals surface area contributed by atoms with E-state index in [0.717, 1.165) is 12.5 Å². The van der Waals surface area contributed by atoms with Crippen LogP contribution in [0.2, 0.25) is 5.02 Å². The molecule has 2 rings (SSSR count). The molecule has 0 fully saturated rings. The van der Waals surface area contributed by atoms with E-state index < -0.39 is 40.2 Å². The van der Waals surface area contributed by atoms with Gasteiger partial charge in [0.2, 0.25) is 0 Å². The standard InChI is InChI=1S/C23H24ClNO7/c1-3-31-22(27)19(15(2)26)20(17-10-7-11-18(24)14-17)21(25(29)30)23(28)32-13-12-16-8-5-4-6-9-16/h4-11,14,19-20,28H,3,12-13H2,1-2H3. The molecule has 0 aliphatic heterocycles. The van der Waals surface area contributed by atoms with Crippen LogP contribution in [0.15, 0.2) is 66.2 Å². The number of rotatable bonds is 11. The molecule has 2 aromatic carbocycles. The summed E-state index contributed by atoms with van der Waals surface area (Å²) >= 11 is 6.05. The van der Waals surface area contributed by atoms with Gasteiger partial charge in [-0.15, -0.1) is 0 Å². The fourth-order valence-electron chi connectivity index (χ4n) is 3.29. The van der Waals surface area contributed by atoms with Crippen molar-refractivity contribution in [1.29, 1.82) is 0 Å². The van der Waals surface area contributed by atoms with Gasteiger partial charge in [0.25, 0.3) is 0 Å². The van der Waals surface area contributed by atoms with Gasteiger partial charge >= 0.3 is 17.6 Å². The summed E-state index contributed by atoms with van der Waals surface area (Å²) in [7, 11) is 0. The average molecular weight is 462 g/mol. The van der Waals surface area contributed by atoms with Crippen molar-refractivity contribution >= 4 is 23.4 Å². The first-order chi connectivity index (χ1) is 15.3. The van der Waals surface area contributed by atoms with E-state index in [0.29, 0.717) is 6.42 Å². The Morgan fingerprint density at radius 3 is 2.38 bits per heavy atom. The van der Waals surface area contributed by atoms with Crippen LogP contribution in [-0.2, 0) is 25.5 Å². The third kappa shape index (κ3) is 6.55. The van der Waals surface area contributed by atoms with Crippen LogP contribution in [0.25, 0.3) is 0 Å². The lowest BCUT2D eigenvalue weighted by molar-refractivity contribution is -0.437.